The van der Waals surface area contributed by atoms with Gasteiger partial charge in [-0.3, -0.25) is 0 Å². The largest absolute Gasteiger partial charge is 0.389 e. The minimum atomic E-state index is -4.07. The van der Waals surface area contributed by atoms with Crippen LogP contribution in [0.25, 0.3) is 0 Å². The number of halogens is 3. The van der Waals surface area contributed by atoms with Crippen molar-refractivity contribution in [1.29, 1.82) is 5.26 Å². The molecule has 0 aromatic heterocycles. The van der Waals surface area contributed by atoms with Gasteiger partial charge in [-0.25, -0.2) is 0 Å². The van der Waals surface area contributed by atoms with Crippen LogP contribution in [0.3, 0.4) is 0 Å². The fourth-order valence-electron chi connectivity index (χ4n) is 1.75. The van der Waals surface area contributed by atoms with Crippen molar-refractivity contribution in [2.45, 2.75) is 44.9 Å². The third kappa shape index (κ3) is 6.82. The Hall–Kier alpha value is -1.54. The van der Waals surface area contributed by atoms with Gasteiger partial charge in [0.2, 0.25) is 0 Å². The molecule has 1 N–H and O–H groups in total. The molecule has 5 heteroatoms. The van der Waals surface area contributed by atoms with E-state index in [4.69, 9.17) is 5.26 Å². The Balaban J connectivity index is 2.30. The first kappa shape index (κ1) is 15.5. The molecule has 0 aliphatic heterocycles. The lowest BCUT2D eigenvalue weighted by atomic mass is 10.1. The van der Waals surface area contributed by atoms with Gasteiger partial charge in [-0.2, -0.15) is 18.4 Å². The smallest absolute Gasteiger partial charge is 0.310 e. The molecule has 1 atom stereocenters. The van der Waals surface area contributed by atoms with Gasteiger partial charge < -0.3 is 5.32 Å². The third-order valence-corrected chi connectivity index (χ3v) is 2.81. The van der Waals surface area contributed by atoms with Crippen molar-refractivity contribution in [2.24, 2.45) is 0 Å². The first-order valence-corrected chi connectivity index (χ1v) is 6.20. The van der Waals surface area contributed by atoms with Gasteiger partial charge in [0, 0.05) is 19.0 Å². The van der Waals surface area contributed by atoms with Gasteiger partial charge in [0.15, 0.2) is 0 Å². The Morgan fingerprint density at radius 3 is 2.74 bits per heavy atom. The van der Waals surface area contributed by atoms with Crippen LogP contribution in [-0.2, 0) is 6.54 Å². The molecule has 0 aliphatic carbocycles. The molecule has 1 aromatic carbocycles. The number of benzene rings is 1. The van der Waals surface area contributed by atoms with E-state index in [1.54, 1.807) is 18.2 Å². The lowest BCUT2D eigenvalue weighted by Gasteiger charge is -2.14. The summed E-state index contributed by atoms with van der Waals surface area (Å²) in [7, 11) is 0. The number of nitrogens with zero attached hydrogens (tertiary/aromatic N) is 1. The van der Waals surface area contributed by atoms with Crippen LogP contribution >= 0.6 is 0 Å². The van der Waals surface area contributed by atoms with Crippen molar-refractivity contribution >= 4 is 0 Å². The quantitative estimate of drug-likeness (QED) is 0.854. The molecule has 2 nitrogen and oxygen atoms in total. The highest BCUT2D eigenvalue weighted by atomic mass is 19.4. The minimum Gasteiger partial charge on any atom is -0.310 e. The first-order chi connectivity index (χ1) is 8.90. The monoisotopic (exact) mass is 270 g/mol. The average molecular weight is 270 g/mol. The molecule has 0 spiro atoms. The van der Waals surface area contributed by atoms with Crippen LogP contribution in [0.5, 0.6) is 0 Å². The van der Waals surface area contributed by atoms with E-state index in [1.807, 2.05) is 13.0 Å². The molecule has 0 bridgehead atoms. The molecule has 1 aromatic rings. The molecule has 0 fully saturated rings. The van der Waals surface area contributed by atoms with Crippen LogP contribution in [-0.4, -0.2) is 12.2 Å². The Labute approximate surface area is 111 Å². The Morgan fingerprint density at radius 1 is 1.37 bits per heavy atom. The Bertz CT molecular complexity index is 435. The summed E-state index contributed by atoms with van der Waals surface area (Å²) in [6, 6.07) is 9.25. The van der Waals surface area contributed by atoms with Crippen molar-refractivity contribution < 1.29 is 13.2 Å². The predicted molar refractivity (Wildman–Crippen MR) is 67.4 cm³/mol. The summed E-state index contributed by atoms with van der Waals surface area (Å²) in [5, 5.41) is 11.9. The standard InChI is InChI=1S/C14H17F3N2/c1-11(4-3-7-14(15,16)17)19-10-13-6-2-5-12(8-13)9-18/h2,5-6,8,11,19H,3-4,7,10H2,1H3. The molecule has 19 heavy (non-hydrogen) atoms. The van der Waals surface area contributed by atoms with E-state index in [9.17, 15) is 13.2 Å². The van der Waals surface area contributed by atoms with Crippen LogP contribution in [0, 0.1) is 11.3 Å². The van der Waals surface area contributed by atoms with E-state index in [-0.39, 0.29) is 12.5 Å². The van der Waals surface area contributed by atoms with E-state index in [0.29, 0.717) is 18.5 Å². The molecule has 1 unspecified atom stereocenters. The van der Waals surface area contributed by atoms with Crippen LogP contribution in [0.4, 0.5) is 13.2 Å². The predicted octanol–water partition coefficient (Wildman–Crippen LogP) is 3.77. The minimum absolute atomic E-state index is 0.0214. The normalized spacial score (nSPS) is 13.0. The number of hydrogen-bond donors (Lipinski definition) is 1. The summed E-state index contributed by atoms with van der Waals surface area (Å²) in [6.07, 6.45) is -4.18. The summed E-state index contributed by atoms with van der Waals surface area (Å²) in [5.41, 5.74) is 1.55. The molecule has 0 radical (unpaired) electrons. The first-order valence-electron chi connectivity index (χ1n) is 6.20. The van der Waals surface area contributed by atoms with E-state index in [1.165, 1.54) is 0 Å². The lowest BCUT2D eigenvalue weighted by molar-refractivity contribution is -0.135. The maximum Gasteiger partial charge on any atom is 0.389 e. The fraction of sp³-hybridized carbons (Fsp3) is 0.500. The summed E-state index contributed by atoms with van der Waals surface area (Å²) in [6.45, 7) is 2.42. The molecule has 1 rings (SSSR count). The fourth-order valence-corrected chi connectivity index (χ4v) is 1.75. The molecular weight excluding hydrogens is 253 g/mol. The van der Waals surface area contributed by atoms with Gasteiger partial charge in [0.1, 0.15) is 0 Å². The third-order valence-electron chi connectivity index (χ3n) is 2.81. The van der Waals surface area contributed by atoms with Crippen molar-refractivity contribution in [3.8, 4) is 6.07 Å². The van der Waals surface area contributed by atoms with Gasteiger partial charge in [0.05, 0.1) is 11.6 Å². The van der Waals surface area contributed by atoms with Gasteiger partial charge in [-0.05, 0) is 37.5 Å². The number of rotatable bonds is 6. The maximum absolute atomic E-state index is 12.0. The van der Waals surface area contributed by atoms with Gasteiger partial charge >= 0.3 is 6.18 Å². The molecule has 0 heterocycles. The number of alkyl halides is 3. The van der Waals surface area contributed by atoms with Gasteiger partial charge in [-0.1, -0.05) is 12.1 Å². The highest BCUT2D eigenvalue weighted by molar-refractivity contribution is 5.32. The SMILES string of the molecule is CC(CCCC(F)(F)F)NCc1cccc(C#N)c1. The number of nitriles is 1. The van der Waals surface area contributed by atoms with Crippen molar-refractivity contribution in [3.63, 3.8) is 0 Å². The molecule has 0 saturated heterocycles. The second kappa shape index (κ2) is 7.15. The topological polar surface area (TPSA) is 35.8 Å². The average Bonchev–Trinajstić information content (AvgIpc) is 2.35. The molecule has 0 amide bonds. The Kier molecular flexibility index (Phi) is 5.84. The number of nitrogens with one attached hydrogen (secondary N) is 1. The Morgan fingerprint density at radius 2 is 2.11 bits per heavy atom. The zero-order valence-corrected chi connectivity index (χ0v) is 10.8. The van der Waals surface area contributed by atoms with Crippen LogP contribution in [0.2, 0.25) is 0 Å². The van der Waals surface area contributed by atoms with E-state index < -0.39 is 12.6 Å². The zero-order valence-electron chi connectivity index (χ0n) is 10.8. The van der Waals surface area contributed by atoms with Crippen LogP contribution in [0.1, 0.15) is 37.3 Å². The van der Waals surface area contributed by atoms with E-state index in [0.717, 1.165) is 5.56 Å². The maximum atomic E-state index is 12.0. The lowest BCUT2D eigenvalue weighted by Crippen LogP contribution is -2.25. The summed E-state index contributed by atoms with van der Waals surface area (Å²) in [4.78, 5) is 0. The van der Waals surface area contributed by atoms with E-state index in [2.05, 4.69) is 11.4 Å². The molecule has 0 saturated carbocycles. The second-order valence-corrected chi connectivity index (χ2v) is 4.60. The van der Waals surface area contributed by atoms with Gasteiger partial charge in [-0.15, -0.1) is 0 Å². The summed E-state index contributed by atoms with van der Waals surface area (Å²) >= 11 is 0. The summed E-state index contributed by atoms with van der Waals surface area (Å²) < 4.78 is 36.0. The highest BCUT2D eigenvalue weighted by Gasteiger charge is 2.26. The van der Waals surface area contributed by atoms with Gasteiger partial charge in [0.25, 0.3) is 0 Å². The molecule has 104 valence electrons. The molecular formula is C14H17F3N2. The highest BCUT2D eigenvalue weighted by Crippen LogP contribution is 2.22. The molecule has 0 aliphatic rings. The van der Waals surface area contributed by atoms with E-state index >= 15 is 0 Å². The number of hydrogen-bond acceptors (Lipinski definition) is 2. The van der Waals surface area contributed by atoms with Crippen molar-refractivity contribution in [3.05, 3.63) is 35.4 Å². The van der Waals surface area contributed by atoms with Crippen LogP contribution in [0.15, 0.2) is 24.3 Å². The second-order valence-electron chi connectivity index (χ2n) is 4.60. The van der Waals surface area contributed by atoms with Crippen molar-refractivity contribution in [1.82, 2.24) is 5.32 Å². The zero-order chi connectivity index (χ0) is 14.3. The summed E-state index contributed by atoms with van der Waals surface area (Å²) in [5.74, 6) is 0. The van der Waals surface area contributed by atoms with Crippen LogP contribution < -0.4 is 5.32 Å². The van der Waals surface area contributed by atoms with Crippen molar-refractivity contribution in [2.75, 3.05) is 0 Å².